The zero-order valence-electron chi connectivity index (χ0n) is 19.7. The highest BCUT2D eigenvalue weighted by molar-refractivity contribution is 7.89. The predicted octanol–water partition coefficient (Wildman–Crippen LogP) is 2.81. The van der Waals surface area contributed by atoms with E-state index in [2.05, 4.69) is 34.5 Å². The zero-order chi connectivity index (χ0) is 23.8. The number of rotatable bonds is 9. The molecule has 1 amide bonds. The lowest BCUT2D eigenvalue weighted by atomic mass is 10.0. The Balaban J connectivity index is 1.24. The van der Waals surface area contributed by atoms with Gasteiger partial charge >= 0.3 is 0 Å². The first-order valence-electron chi connectivity index (χ1n) is 12.2. The van der Waals surface area contributed by atoms with Crippen LogP contribution in [0.2, 0.25) is 0 Å². The van der Waals surface area contributed by atoms with E-state index >= 15 is 0 Å². The lowest BCUT2D eigenvalue weighted by Gasteiger charge is -2.36. The highest BCUT2D eigenvalue weighted by Gasteiger charge is 2.26. The Bertz CT molecular complexity index is 1020. The summed E-state index contributed by atoms with van der Waals surface area (Å²) in [5.41, 5.74) is 2.26. The standard InChI is InChI=1S/C26H35N3O4S/c30-26(27-20-24-8-4-5-15-28(24)21-23-6-2-1-3-7-23)14-11-22-9-12-25(13-10-22)34(31,32)29-16-18-33-19-17-29/h1-3,6-7,9-10,12-13,24H,4-5,8,11,14-21H2,(H,27,30). The number of likely N-dealkylation sites (tertiary alicyclic amines) is 1. The van der Waals surface area contributed by atoms with Crippen LogP contribution in [0.25, 0.3) is 0 Å². The number of morpholine rings is 1. The summed E-state index contributed by atoms with van der Waals surface area (Å²) >= 11 is 0. The van der Waals surface area contributed by atoms with Crippen molar-refractivity contribution in [1.29, 1.82) is 0 Å². The van der Waals surface area contributed by atoms with E-state index in [9.17, 15) is 13.2 Å². The fourth-order valence-electron chi connectivity index (χ4n) is 4.66. The van der Waals surface area contributed by atoms with Crippen molar-refractivity contribution in [3.63, 3.8) is 0 Å². The number of hydrogen-bond acceptors (Lipinski definition) is 5. The molecule has 2 heterocycles. The van der Waals surface area contributed by atoms with Gasteiger partial charge in [0.05, 0.1) is 18.1 Å². The van der Waals surface area contributed by atoms with Gasteiger partial charge in [-0.25, -0.2) is 8.42 Å². The van der Waals surface area contributed by atoms with E-state index in [1.54, 1.807) is 12.1 Å². The number of aryl methyl sites for hydroxylation is 1. The molecule has 2 aromatic rings. The van der Waals surface area contributed by atoms with Crippen LogP contribution in [0, 0.1) is 0 Å². The molecule has 0 saturated carbocycles. The van der Waals surface area contributed by atoms with Gasteiger partial charge in [-0.3, -0.25) is 9.69 Å². The van der Waals surface area contributed by atoms with Crippen molar-refractivity contribution in [3.05, 3.63) is 65.7 Å². The van der Waals surface area contributed by atoms with Gasteiger partial charge in [0, 0.05) is 38.6 Å². The van der Waals surface area contributed by atoms with Crippen LogP contribution in [-0.2, 0) is 32.5 Å². The van der Waals surface area contributed by atoms with Crippen molar-refractivity contribution in [2.75, 3.05) is 39.4 Å². The summed E-state index contributed by atoms with van der Waals surface area (Å²) in [6.45, 7) is 4.27. The molecule has 0 radical (unpaired) electrons. The van der Waals surface area contributed by atoms with Crippen molar-refractivity contribution >= 4 is 15.9 Å². The van der Waals surface area contributed by atoms with Crippen molar-refractivity contribution in [3.8, 4) is 0 Å². The van der Waals surface area contributed by atoms with Crippen LogP contribution in [0.15, 0.2) is 59.5 Å². The van der Waals surface area contributed by atoms with E-state index in [-0.39, 0.29) is 5.91 Å². The molecule has 4 rings (SSSR count). The number of amides is 1. The second-order valence-corrected chi connectivity index (χ2v) is 11.0. The van der Waals surface area contributed by atoms with E-state index < -0.39 is 10.0 Å². The molecule has 184 valence electrons. The van der Waals surface area contributed by atoms with Gasteiger partial charge in [-0.15, -0.1) is 0 Å². The summed E-state index contributed by atoms with van der Waals surface area (Å²) in [7, 11) is -3.49. The Morgan fingerprint density at radius 1 is 0.941 bits per heavy atom. The minimum Gasteiger partial charge on any atom is -0.379 e. The molecule has 1 unspecified atom stereocenters. The van der Waals surface area contributed by atoms with E-state index in [4.69, 9.17) is 4.74 Å². The number of ether oxygens (including phenoxy) is 1. The first-order valence-corrected chi connectivity index (χ1v) is 13.7. The van der Waals surface area contributed by atoms with Gasteiger partial charge in [-0.1, -0.05) is 48.9 Å². The fraction of sp³-hybridized carbons (Fsp3) is 0.500. The van der Waals surface area contributed by atoms with Crippen molar-refractivity contribution < 1.29 is 17.9 Å². The minimum absolute atomic E-state index is 0.0373. The van der Waals surface area contributed by atoms with Gasteiger partial charge in [0.2, 0.25) is 15.9 Å². The van der Waals surface area contributed by atoms with Crippen molar-refractivity contribution in [1.82, 2.24) is 14.5 Å². The lowest BCUT2D eigenvalue weighted by molar-refractivity contribution is -0.121. The summed E-state index contributed by atoms with van der Waals surface area (Å²) in [6.07, 6.45) is 4.48. The zero-order valence-corrected chi connectivity index (χ0v) is 20.5. The van der Waals surface area contributed by atoms with Crippen LogP contribution < -0.4 is 5.32 Å². The predicted molar refractivity (Wildman–Crippen MR) is 132 cm³/mol. The third-order valence-corrected chi connectivity index (χ3v) is 8.60. The Hall–Kier alpha value is -2.26. The quantitative estimate of drug-likeness (QED) is 0.591. The van der Waals surface area contributed by atoms with Gasteiger partial charge in [0.15, 0.2) is 0 Å². The molecule has 8 heteroatoms. The average molecular weight is 486 g/mol. The summed E-state index contributed by atoms with van der Waals surface area (Å²) in [5, 5.41) is 3.12. The maximum Gasteiger partial charge on any atom is 0.243 e. The van der Waals surface area contributed by atoms with Crippen molar-refractivity contribution in [2.45, 2.75) is 49.6 Å². The largest absolute Gasteiger partial charge is 0.379 e. The van der Waals surface area contributed by atoms with Crippen molar-refractivity contribution in [2.24, 2.45) is 0 Å². The van der Waals surface area contributed by atoms with Crippen LogP contribution in [0.1, 0.15) is 36.8 Å². The number of piperidine rings is 1. The Kier molecular flexibility index (Phi) is 8.72. The first-order chi connectivity index (χ1) is 16.5. The molecule has 1 atom stereocenters. The van der Waals surface area contributed by atoms with Gasteiger partial charge in [0.25, 0.3) is 0 Å². The van der Waals surface area contributed by atoms with Crippen LogP contribution in [-0.4, -0.2) is 69.0 Å². The van der Waals surface area contributed by atoms with Gasteiger partial charge in [-0.05, 0) is 49.1 Å². The number of carbonyl (C=O) groups excluding carboxylic acids is 1. The second kappa shape index (κ2) is 11.9. The Morgan fingerprint density at radius 3 is 2.41 bits per heavy atom. The number of sulfonamides is 1. The monoisotopic (exact) mass is 485 g/mol. The molecule has 2 saturated heterocycles. The highest BCUT2D eigenvalue weighted by atomic mass is 32.2. The van der Waals surface area contributed by atoms with E-state index in [0.29, 0.717) is 56.6 Å². The first kappa shape index (κ1) is 24.9. The highest BCUT2D eigenvalue weighted by Crippen LogP contribution is 2.20. The van der Waals surface area contributed by atoms with Gasteiger partial charge < -0.3 is 10.1 Å². The molecule has 2 aliphatic heterocycles. The maximum absolute atomic E-state index is 12.7. The molecular weight excluding hydrogens is 450 g/mol. The van der Waals surface area contributed by atoms with Gasteiger partial charge in [-0.2, -0.15) is 4.31 Å². The molecule has 34 heavy (non-hydrogen) atoms. The second-order valence-electron chi connectivity index (χ2n) is 9.07. The summed E-state index contributed by atoms with van der Waals surface area (Å²) in [4.78, 5) is 15.3. The average Bonchev–Trinajstić information content (AvgIpc) is 2.88. The third kappa shape index (κ3) is 6.66. The SMILES string of the molecule is O=C(CCc1ccc(S(=O)(=O)N2CCOCC2)cc1)NCC1CCCCN1Cc1ccccc1. The number of nitrogens with one attached hydrogen (secondary N) is 1. The maximum atomic E-state index is 12.7. The Labute approximate surface area is 203 Å². The van der Waals surface area contributed by atoms with E-state index in [0.717, 1.165) is 25.1 Å². The molecule has 0 bridgehead atoms. The molecule has 2 aromatic carbocycles. The molecule has 7 nitrogen and oxygen atoms in total. The summed E-state index contributed by atoms with van der Waals surface area (Å²) in [5.74, 6) is 0.0373. The number of nitrogens with zero attached hydrogens (tertiary/aromatic N) is 2. The molecule has 2 aliphatic rings. The van der Waals surface area contributed by atoms with E-state index in [1.165, 1.54) is 22.7 Å². The molecule has 0 spiro atoms. The fourth-order valence-corrected chi connectivity index (χ4v) is 6.07. The molecule has 0 aromatic heterocycles. The molecule has 2 fully saturated rings. The minimum atomic E-state index is -3.49. The summed E-state index contributed by atoms with van der Waals surface area (Å²) in [6, 6.07) is 17.7. The Morgan fingerprint density at radius 2 is 1.68 bits per heavy atom. The lowest BCUT2D eigenvalue weighted by Crippen LogP contribution is -2.46. The topological polar surface area (TPSA) is 79.0 Å². The number of hydrogen-bond donors (Lipinski definition) is 1. The van der Waals surface area contributed by atoms with Crippen LogP contribution >= 0.6 is 0 Å². The molecular formula is C26H35N3O4S. The number of carbonyl (C=O) groups is 1. The van der Waals surface area contributed by atoms with Crippen LogP contribution in [0.4, 0.5) is 0 Å². The van der Waals surface area contributed by atoms with Crippen LogP contribution in [0.3, 0.4) is 0 Å². The van der Waals surface area contributed by atoms with E-state index in [1.807, 2.05) is 18.2 Å². The molecule has 1 N–H and O–H groups in total. The van der Waals surface area contributed by atoms with Gasteiger partial charge in [0.1, 0.15) is 0 Å². The number of benzene rings is 2. The van der Waals surface area contributed by atoms with Crippen LogP contribution in [0.5, 0.6) is 0 Å². The normalized spacial score (nSPS) is 20.2. The summed E-state index contributed by atoms with van der Waals surface area (Å²) < 4.78 is 32.2. The molecule has 0 aliphatic carbocycles. The smallest absolute Gasteiger partial charge is 0.243 e. The third-order valence-electron chi connectivity index (χ3n) is 6.68.